The van der Waals surface area contributed by atoms with Crippen LogP contribution in [0.4, 0.5) is 18.0 Å². The number of carboxylic acid groups (broad SMARTS) is 2. The molecule has 0 saturated heterocycles. The number of alkyl halides is 3. The summed E-state index contributed by atoms with van der Waals surface area (Å²) in [6, 6.07) is -1.50. The van der Waals surface area contributed by atoms with Gasteiger partial charge < -0.3 is 20.3 Å². The monoisotopic (exact) mass is 287 g/mol. The Bertz CT molecular complexity index is 343. The second kappa shape index (κ2) is 7.44. The number of ether oxygens (including phenoxy) is 1. The van der Waals surface area contributed by atoms with Crippen molar-refractivity contribution in [3.63, 3.8) is 0 Å². The summed E-state index contributed by atoms with van der Waals surface area (Å²) in [6.07, 6.45) is -6.84. The lowest BCUT2D eigenvalue weighted by atomic mass is 10.1. The lowest BCUT2D eigenvalue weighted by Crippen LogP contribution is -2.42. The molecule has 0 rings (SSSR count). The van der Waals surface area contributed by atoms with E-state index in [0.717, 1.165) is 0 Å². The van der Waals surface area contributed by atoms with Gasteiger partial charge in [0, 0.05) is 6.42 Å². The van der Waals surface area contributed by atoms with Gasteiger partial charge in [0.2, 0.25) is 0 Å². The molecular formula is C9H12F3NO6. The van der Waals surface area contributed by atoms with Crippen LogP contribution in [-0.2, 0) is 14.3 Å². The van der Waals surface area contributed by atoms with Crippen molar-refractivity contribution in [1.29, 1.82) is 0 Å². The molecule has 0 fully saturated rings. The highest BCUT2D eigenvalue weighted by Gasteiger charge is 2.30. The third-order valence-corrected chi connectivity index (χ3v) is 1.84. The van der Waals surface area contributed by atoms with Gasteiger partial charge in [-0.15, -0.1) is 0 Å². The van der Waals surface area contributed by atoms with Crippen LogP contribution in [0.2, 0.25) is 0 Å². The minimum Gasteiger partial charge on any atom is -0.481 e. The summed E-state index contributed by atoms with van der Waals surface area (Å²) in [7, 11) is 0. The summed E-state index contributed by atoms with van der Waals surface area (Å²) in [5.41, 5.74) is 0. The van der Waals surface area contributed by atoms with Gasteiger partial charge in [-0.25, -0.2) is 9.59 Å². The van der Waals surface area contributed by atoms with Gasteiger partial charge in [0.05, 0.1) is 0 Å². The highest BCUT2D eigenvalue weighted by molar-refractivity contribution is 5.79. The van der Waals surface area contributed by atoms with Crippen LogP contribution in [0, 0.1) is 0 Å². The van der Waals surface area contributed by atoms with Gasteiger partial charge in [-0.1, -0.05) is 0 Å². The van der Waals surface area contributed by atoms with Crippen molar-refractivity contribution >= 4 is 18.0 Å². The zero-order valence-electron chi connectivity index (χ0n) is 9.57. The van der Waals surface area contributed by atoms with Gasteiger partial charge >= 0.3 is 24.2 Å². The van der Waals surface area contributed by atoms with E-state index < -0.39 is 36.9 Å². The van der Waals surface area contributed by atoms with Crippen LogP contribution in [-0.4, -0.2) is 47.1 Å². The smallest absolute Gasteiger partial charge is 0.422 e. The number of carboxylic acids is 2. The van der Waals surface area contributed by atoms with Crippen LogP contribution < -0.4 is 5.32 Å². The van der Waals surface area contributed by atoms with Crippen molar-refractivity contribution in [2.75, 3.05) is 6.61 Å². The predicted molar refractivity (Wildman–Crippen MR) is 53.4 cm³/mol. The molecule has 0 aliphatic rings. The number of carbonyl (C=O) groups excluding carboxylic acids is 1. The highest BCUT2D eigenvalue weighted by Crippen LogP contribution is 2.14. The van der Waals surface area contributed by atoms with E-state index in [1.807, 2.05) is 0 Å². The van der Waals surface area contributed by atoms with E-state index in [1.165, 1.54) is 0 Å². The zero-order valence-corrected chi connectivity index (χ0v) is 9.57. The Kier molecular flexibility index (Phi) is 6.66. The molecule has 0 bridgehead atoms. The first-order valence-corrected chi connectivity index (χ1v) is 5.06. The van der Waals surface area contributed by atoms with Gasteiger partial charge in [-0.2, -0.15) is 13.2 Å². The quantitative estimate of drug-likeness (QED) is 0.643. The molecule has 0 unspecified atom stereocenters. The normalized spacial score (nSPS) is 12.6. The Morgan fingerprint density at radius 3 is 2.21 bits per heavy atom. The van der Waals surface area contributed by atoms with Crippen LogP contribution in [0.1, 0.15) is 19.3 Å². The van der Waals surface area contributed by atoms with Crippen molar-refractivity contribution in [1.82, 2.24) is 5.32 Å². The number of aliphatic carboxylic acids is 2. The number of hydrogen-bond acceptors (Lipinski definition) is 4. The molecule has 0 radical (unpaired) electrons. The molecule has 1 amide bonds. The Labute approximate surface area is 105 Å². The number of rotatable bonds is 7. The van der Waals surface area contributed by atoms with Crippen molar-refractivity contribution in [3.05, 3.63) is 0 Å². The first-order chi connectivity index (χ1) is 8.61. The summed E-state index contributed by atoms with van der Waals surface area (Å²) in [4.78, 5) is 31.8. The van der Waals surface area contributed by atoms with Crippen molar-refractivity contribution < 1.29 is 42.5 Å². The highest BCUT2D eigenvalue weighted by atomic mass is 19.4. The zero-order chi connectivity index (χ0) is 15.1. The summed E-state index contributed by atoms with van der Waals surface area (Å²) >= 11 is 0. The topological polar surface area (TPSA) is 113 Å². The Morgan fingerprint density at radius 1 is 1.21 bits per heavy atom. The minimum atomic E-state index is -4.71. The first-order valence-electron chi connectivity index (χ1n) is 5.06. The fourth-order valence-corrected chi connectivity index (χ4v) is 1.05. The second-order valence-corrected chi connectivity index (χ2v) is 3.51. The molecule has 0 heterocycles. The number of alkyl carbamates (subject to hydrolysis) is 1. The molecular weight excluding hydrogens is 275 g/mol. The Balaban J connectivity index is 4.16. The number of nitrogens with one attached hydrogen (secondary N) is 1. The van der Waals surface area contributed by atoms with Gasteiger partial charge in [0.25, 0.3) is 0 Å². The number of halogens is 3. The minimum absolute atomic E-state index is 0.0498. The van der Waals surface area contributed by atoms with Crippen LogP contribution >= 0.6 is 0 Å². The van der Waals surface area contributed by atoms with Gasteiger partial charge in [-0.05, 0) is 12.8 Å². The summed E-state index contributed by atoms with van der Waals surface area (Å²) in [6.45, 7) is -1.83. The Hall–Kier alpha value is -2.00. The maximum absolute atomic E-state index is 11.7. The van der Waals surface area contributed by atoms with Crippen LogP contribution in [0.5, 0.6) is 0 Å². The van der Waals surface area contributed by atoms with Crippen LogP contribution in [0.3, 0.4) is 0 Å². The summed E-state index contributed by atoms with van der Waals surface area (Å²) < 4.78 is 38.9. The van der Waals surface area contributed by atoms with Crippen molar-refractivity contribution in [2.24, 2.45) is 0 Å². The van der Waals surface area contributed by atoms with Crippen molar-refractivity contribution in [2.45, 2.75) is 31.5 Å². The molecule has 0 aromatic heterocycles. The first kappa shape index (κ1) is 17.0. The lowest BCUT2D eigenvalue weighted by Gasteiger charge is -2.14. The standard InChI is InChI=1S/C9H12F3NO6/c10-9(11,12)4-19-8(18)13-5(7(16)17)2-1-3-6(14)15/h5H,1-4H2,(H,13,18)(H,14,15)(H,16,17)/t5-/m1/s1. The van der Waals surface area contributed by atoms with Crippen molar-refractivity contribution in [3.8, 4) is 0 Å². The van der Waals surface area contributed by atoms with Gasteiger partial charge in [0.1, 0.15) is 6.04 Å². The molecule has 0 saturated carbocycles. The average Bonchev–Trinajstić information content (AvgIpc) is 2.23. The van der Waals surface area contributed by atoms with E-state index in [4.69, 9.17) is 10.2 Å². The largest absolute Gasteiger partial charge is 0.481 e. The fourth-order valence-electron chi connectivity index (χ4n) is 1.05. The molecule has 0 aromatic carbocycles. The molecule has 3 N–H and O–H groups in total. The van der Waals surface area contributed by atoms with E-state index in [2.05, 4.69) is 4.74 Å². The third-order valence-electron chi connectivity index (χ3n) is 1.84. The SMILES string of the molecule is O=C(O)CCC[C@@H](NC(=O)OCC(F)(F)F)C(=O)O. The van der Waals surface area contributed by atoms with E-state index in [-0.39, 0.29) is 19.3 Å². The molecule has 1 atom stereocenters. The molecule has 0 spiro atoms. The van der Waals surface area contributed by atoms with E-state index in [1.54, 1.807) is 5.32 Å². The maximum atomic E-state index is 11.7. The number of hydrogen-bond donors (Lipinski definition) is 3. The summed E-state index contributed by atoms with van der Waals surface area (Å²) in [5, 5.41) is 18.7. The van der Waals surface area contributed by atoms with Crippen LogP contribution in [0.25, 0.3) is 0 Å². The average molecular weight is 287 g/mol. The maximum Gasteiger partial charge on any atom is 0.422 e. The molecule has 7 nitrogen and oxygen atoms in total. The summed E-state index contributed by atoms with van der Waals surface area (Å²) in [5.74, 6) is -2.64. The Morgan fingerprint density at radius 2 is 1.79 bits per heavy atom. The molecule has 0 aromatic rings. The molecule has 0 aliphatic heterocycles. The van der Waals surface area contributed by atoms with E-state index >= 15 is 0 Å². The van der Waals surface area contributed by atoms with Crippen LogP contribution in [0.15, 0.2) is 0 Å². The predicted octanol–water partition coefficient (Wildman–Crippen LogP) is 0.983. The lowest BCUT2D eigenvalue weighted by molar-refractivity contribution is -0.160. The molecule has 19 heavy (non-hydrogen) atoms. The van der Waals surface area contributed by atoms with Gasteiger partial charge in [0.15, 0.2) is 6.61 Å². The fraction of sp³-hybridized carbons (Fsp3) is 0.667. The van der Waals surface area contributed by atoms with E-state index in [0.29, 0.717) is 0 Å². The van der Waals surface area contributed by atoms with Gasteiger partial charge in [-0.3, -0.25) is 4.79 Å². The molecule has 10 heteroatoms. The number of amides is 1. The third kappa shape index (κ3) is 9.68. The van der Waals surface area contributed by atoms with E-state index in [9.17, 15) is 27.6 Å². The molecule has 110 valence electrons. The second-order valence-electron chi connectivity index (χ2n) is 3.51. The molecule has 0 aliphatic carbocycles. The number of carbonyl (C=O) groups is 3.